The van der Waals surface area contributed by atoms with Gasteiger partial charge in [0.2, 0.25) is 0 Å². The largest absolute Gasteiger partial charge is 0.328 e. The quantitative estimate of drug-likeness (QED) is 0.851. The molecule has 2 fully saturated rings. The highest BCUT2D eigenvalue weighted by Gasteiger charge is 2.60. The molecule has 3 heteroatoms. The molecule has 2 saturated carbocycles. The minimum atomic E-state index is 0.414. The number of hydrogen-bond donors (Lipinski definition) is 1. The third-order valence-electron chi connectivity index (χ3n) is 6.55. The number of fused-ring (bicyclic) bond motifs is 3. The minimum absolute atomic E-state index is 0.414. The zero-order valence-corrected chi connectivity index (χ0v) is 13.3. The third kappa shape index (κ3) is 1.47. The van der Waals surface area contributed by atoms with E-state index >= 15 is 0 Å². The topological polar surface area (TPSA) is 29.9 Å². The lowest BCUT2D eigenvalue weighted by atomic mass is 9.68. The number of nitrogens with one attached hydrogen (secondary N) is 1. The van der Waals surface area contributed by atoms with Gasteiger partial charge in [0.15, 0.2) is 0 Å². The molecule has 3 nitrogen and oxygen atoms in total. The molecule has 110 valence electrons. The van der Waals surface area contributed by atoms with Crippen molar-refractivity contribution in [1.29, 1.82) is 0 Å². The first-order valence-electron chi connectivity index (χ1n) is 8.21. The Hall–Kier alpha value is -0.830. The fourth-order valence-corrected chi connectivity index (χ4v) is 5.73. The predicted octanol–water partition coefficient (Wildman–Crippen LogP) is 3.22. The molecule has 0 saturated heterocycles. The van der Waals surface area contributed by atoms with E-state index in [9.17, 15) is 0 Å². The Morgan fingerprint density at radius 3 is 2.80 bits per heavy atom. The Morgan fingerprint density at radius 1 is 1.30 bits per heavy atom. The van der Waals surface area contributed by atoms with E-state index in [1.807, 2.05) is 0 Å². The van der Waals surface area contributed by atoms with Crippen LogP contribution in [0.1, 0.15) is 63.3 Å². The Balaban J connectivity index is 1.87. The molecule has 1 aromatic heterocycles. The van der Waals surface area contributed by atoms with Crippen molar-refractivity contribution in [1.82, 2.24) is 14.9 Å². The smallest absolute Gasteiger partial charge is 0.106 e. The maximum atomic E-state index is 4.88. The van der Waals surface area contributed by atoms with Crippen molar-refractivity contribution in [3.8, 4) is 0 Å². The van der Waals surface area contributed by atoms with Crippen LogP contribution in [0.4, 0.5) is 0 Å². The standard InChI is InChI=1S/C17H27N3/c1-11-19-13-10-18-8-6-14(13)20(11)15-16(2,3)12-5-7-17(15,4)9-12/h12,15,18H,5-10H2,1-4H3. The highest BCUT2D eigenvalue weighted by atomic mass is 15.2. The van der Waals surface area contributed by atoms with E-state index in [2.05, 4.69) is 37.6 Å². The second-order valence-corrected chi connectivity index (χ2v) is 8.17. The maximum absolute atomic E-state index is 4.88. The highest BCUT2D eigenvalue weighted by Crippen LogP contribution is 2.68. The molecule has 2 aliphatic carbocycles. The summed E-state index contributed by atoms with van der Waals surface area (Å²) in [6.07, 6.45) is 5.38. The van der Waals surface area contributed by atoms with Crippen molar-refractivity contribution in [3.63, 3.8) is 0 Å². The summed E-state index contributed by atoms with van der Waals surface area (Å²) in [5.41, 5.74) is 3.72. The van der Waals surface area contributed by atoms with Crippen molar-refractivity contribution in [2.24, 2.45) is 16.7 Å². The number of aromatic nitrogens is 2. The van der Waals surface area contributed by atoms with E-state index in [0.29, 0.717) is 16.9 Å². The van der Waals surface area contributed by atoms with Gasteiger partial charge >= 0.3 is 0 Å². The number of hydrogen-bond acceptors (Lipinski definition) is 2. The van der Waals surface area contributed by atoms with Crippen LogP contribution in [0.3, 0.4) is 0 Å². The van der Waals surface area contributed by atoms with Gasteiger partial charge in [0.05, 0.1) is 5.69 Å². The van der Waals surface area contributed by atoms with Crippen LogP contribution in [0.25, 0.3) is 0 Å². The first kappa shape index (κ1) is 12.9. The molecule has 3 unspecified atom stereocenters. The summed E-state index contributed by atoms with van der Waals surface area (Å²) in [6, 6.07) is 0.642. The van der Waals surface area contributed by atoms with Gasteiger partial charge in [-0.05, 0) is 42.9 Å². The van der Waals surface area contributed by atoms with Crippen LogP contribution < -0.4 is 5.32 Å². The van der Waals surface area contributed by atoms with Crippen molar-refractivity contribution >= 4 is 0 Å². The molecular formula is C17H27N3. The van der Waals surface area contributed by atoms with Crippen molar-refractivity contribution < 1.29 is 0 Å². The Morgan fingerprint density at radius 2 is 2.10 bits per heavy atom. The van der Waals surface area contributed by atoms with Crippen LogP contribution in [0.5, 0.6) is 0 Å². The monoisotopic (exact) mass is 273 g/mol. The van der Waals surface area contributed by atoms with Crippen LogP contribution in [-0.4, -0.2) is 16.1 Å². The van der Waals surface area contributed by atoms with Gasteiger partial charge in [0.1, 0.15) is 5.82 Å². The lowest BCUT2D eigenvalue weighted by molar-refractivity contribution is 0.0793. The van der Waals surface area contributed by atoms with Crippen molar-refractivity contribution in [2.45, 2.75) is 66.0 Å². The molecule has 0 radical (unpaired) electrons. The van der Waals surface area contributed by atoms with Gasteiger partial charge in [0.25, 0.3) is 0 Å². The van der Waals surface area contributed by atoms with E-state index in [1.165, 1.54) is 36.5 Å². The SMILES string of the molecule is Cc1nc2c(n1C1C3(C)CCC(C3)C1(C)C)CCNC2. The first-order valence-corrected chi connectivity index (χ1v) is 8.21. The van der Waals surface area contributed by atoms with Gasteiger partial charge in [-0.1, -0.05) is 20.8 Å². The van der Waals surface area contributed by atoms with Gasteiger partial charge in [-0.25, -0.2) is 4.98 Å². The predicted molar refractivity (Wildman–Crippen MR) is 80.6 cm³/mol. The molecule has 2 bridgehead atoms. The number of imidazole rings is 1. The van der Waals surface area contributed by atoms with Crippen molar-refractivity contribution in [3.05, 3.63) is 17.2 Å². The maximum Gasteiger partial charge on any atom is 0.106 e. The normalized spacial score (nSPS) is 38.2. The molecule has 2 heterocycles. The molecule has 4 rings (SSSR count). The zero-order valence-electron chi connectivity index (χ0n) is 13.3. The molecule has 1 aliphatic heterocycles. The highest BCUT2D eigenvalue weighted by molar-refractivity contribution is 5.24. The van der Waals surface area contributed by atoms with Crippen LogP contribution in [0.15, 0.2) is 0 Å². The van der Waals surface area contributed by atoms with Gasteiger partial charge in [-0.15, -0.1) is 0 Å². The minimum Gasteiger partial charge on any atom is -0.328 e. The summed E-state index contributed by atoms with van der Waals surface area (Å²) in [4.78, 5) is 4.88. The van der Waals surface area contributed by atoms with Crippen LogP contribution in [-0.2, 0) is 13.0 Å². The van der Waals surface area contributed by atoms with Gasteiger partial charge in [-0.3, -0.25) is 0 Å². The Kier molecular flexibility index (Phi) is 2.50. The molecular weight excluding hydrogens is 246 g/mol. The average molecular weight is 273 g/mol. The van der Waals surface area contributed by atoms with Gasteiger partial charge in [0, 0.05) is 31.2 Å². The van der Waals surface area contributed by atoms with E-state index < -0.39 is 0 Å². The van der Waals surface area contributed by atoms with E-state index in [0.717, 1.165) is 25.4 Å². The summed E-state index contributed by atoms with van der Waals surface area (Å²) < 4.78 is 2.65. The van der Waals surface area contributed by atoms with Crippen molar-refractivity contribution in [2.75, 3.05) is 6.54 Å². The summed E-state index contributed by atoms with van der Waals surface area (Å²) in [7, 11) is 0. The van der Waals surface area contributed by atoms with Crippen LogP contribution >= 0.6 is 0 Å². The second kappa shape index (κ2) is 3.88. The average Bonchev–Trinajstić information content (AvgIpc) is 2.97. The lowest BCUT2D eigenvalue weighted by Crippen LogP contribution is -2.39. The molecule has 20 heavy (non-hydrogen) atoms. The molecule has 0 amide bonds. The summed E-state index contributed by atoms with van der Waals surface area (Å²) in [5, 5.41) is 3.46. The zero-order chi connectivity index (χ0) is 14.1. The van der Waals surface area contributed by atoms with Crippen LogP contribution in [0, 0.1) is 23.7 Å². The molecule has 1 aromatic rings. The first-order chi connectivity index (χ1) is 9.43. The second-order valence-electron chi connectivity index (χ2n) is 8.17. The molecule has 3 aliphatic rings. The fourth-order valence-electron chi connectivity index (χ4n) is 5.73. The summed E-state index contributed by atoms with van der Waals surface area (Å²) in [6.45, 7) is 11.8. The number of rotatable bonds is 1. The van der Waals surface area contributed by atoms with E-state index in [4.69, 9.17) is 4.98 Å². The Bertz CT molecular complexity index is 552. The Labute approximate surface area is 122 Å². The number of nitrogens with zero attached hydrogens (tertiary/aromatic N) is 2. The van der Waals surface area contributed by atoms with Gasteiger partial charge in [-0.2, -0.15) is 0 Å². The summed E-state index contributed by atoms with van der Waals surface area (Å²) in [5.74, 6) is 2.14. The molecule has 1 N–H and O–H groups in total. The third-order valence-corrected chi connectivity index (χ3v) is 6.55. The molecule has 0 spiro atoms. The molecule has 0 aromatic carbocycles. The van der Waals surface area contributed by atoms with E-state index in [1.54, 1.807) is 0 Å². The number of aryl methyl sites for hydroxylation is 1. The van der Waals surface area contributed by atoms with Gasteiger partial charge < -0.3 is 9.88 Å². The summed E-state index contributed by atoms with van der Waals surface area (Å²) >= 11 is 0. The van der Waals surface area contributed by atoms with Crippen LogP contribution in [0.2, 0.25) is 0 Å². The fraction of sp³-hybridized carbons (Fsp3) is 0.824. The lowest BCUT2D eigenvalue weighted by Gasteiger charge is -2.45. The molecule has 3 atom stereocenters. The van der Waals surface area contributed by atoms with E-state index in [-0.39, 0.29) is 0 Å².